The largest absolute Gasteiger partial charge is 0.359 e. The molecule has 0 radical (unpaired) electrons. The second-order valence-electron chi connectivity index (χ2n) is 4.06. The number of hydrogen-bond acceptors (Lipinski definition) is 2. The van der Waals surface area contributed by atoms with Crippen molar-refractivity contribution < 1.29 is 9.53 Å². The number of carbonyl (C=O) groups excluding carboxylic acids is 1. The molecular formula is C13H17NO2. The first-order chi connectivity index (χ1) is 7.81. The Morgan fingerprint density at radius 3 is 2.88 bits per heavy atom. The minimum Gasteiger partial charge on any atom is -0.359 e. The normalized spacial score (nSPS) is 20.1. The van der Waals surface area contributed by atoms with E-state index in [0.717, 1.165) is 6.42 Å². The van der Waals surface area contributed by atoms with E-state index in [1.54, 1.807) is 0 Å². The highest BCUT2D eigenvalue weighted by Crippen LogP contribution is 2.16. The first-order valence-electron chi connectivity index (χ1n) is 5.72. The number of ether oxygens (including phenoxy) is 1. The van der Waals surface area contributed by atoms with Crippen LogP contribution in [0, 0.1) is 0 Å². The first kappa shape index (κ1) is 11.1. The second kappa shape index (κ2) is 5.12. The Hall–Kier alpha value is -1.35. The fourth-order valence-electron chi connectivity index (χ4n) is 2.02. The SMILES string of the molecule is CCC(=O)N1COC[C@@H]1Cc1ccccc1. The predicted octanol–water partition coefficient (Wildman–Crippen LogP) is 1.82. The van der Waals surface area contributed by atoms with E-state index in [1.165, 1.54) is 5.56 Å². The summed E-state index contributed by atoms with van der Waals surface area (Å²) in [5, 5.41) is 0. The molecule has 0 aliphatic carbocycles. The Morgan fingerprint density at radius 2 is 2.19 bits per heavy atom. The summed E-state index contributed by atoms with van der Waals surface area (Å²) in [5.41, 5.74) is 1.26. The predicted molar refractivity (Wildman–Crippen MR) is 61.9 cm³/mol. The topological polar surface area (TPSA) is 29.5 Å². The zero-order valence-electron chi connectivity index (χ0n) is 9.56. The summed E-state index contributed by atoms with van der Waals surface area (Å²) < 4.78 is 5.37. The molecule has 1 aromatic rings. The van der Waals surface area contributed by atoms with Crippen LogP contribution in [0.5, 0.6) is 0 Å². The Kier molecular flexibility index (Phi) is 3.57. The van der Waals surface area contributed by atoms with E-state index in [-0.39, 0.29) is 11.9 Å². The van der Waals surface area contributed by atoms with Gasteiger partial charge in [0.2, 0.25) is 5.91 Å². The molecule has 1 aliphatic heterocycles. The third-order valence-corrected chi connectivity index (χ3v) is 2.92. The fraction of sp³-hybridized carbons (Fsp3) is 0.462. The summed E-state index contributed by atoms with van der Waals surface area (Å²) in [6.07, 6.45) is 1.43. The number of hydrogen-bond donors (Lipinski definition) is 0. The van der Waals surface area contributed by atoms with Gasteiger partial charge < -0.3 is 9.64 Å². The van der Waals surface area contributed by atoms with Gasteiger partial charge in [-0.15, -0.1) is 0 Å². The Labute approximate surface area is 96.0 Å². The molecule has 2 rings (SSSR count). The van der Waals surface area contributed by atoms with E-state index in [9.17, 15) is 4.79 Å². The average Bonchev–Trinajstić information content (AvgIpc) is 2.77. The van der Waals surface area contributed by atoms with Crippen LogP contribution in [0.4, 0.5) is 0 Å². The van der Waals surface area contributed by atoms with E-state index >= 15 is 0 Å². The van der Waals surface area contributed by atoms with Crippen LogP contribution in [0.15, 0.2) is 30.3 Å². The quantitative estimate of drug-likeness (QED) is 0.776. The third kappa shape index (κ3) is 2.42. The molecule has 16 heavy (non-hydrogen) atoms. The van der Waals surface area contributed by atoms with Gasteiger partial charge in [0.05, 0.1) is 12.6 Å². The van der Waals surface area contributed by atoms with Crippen molar-refractivity contribution >= 4 is 5.91 Å². The molecule has 86 valence electrons. The summed E-state index contributed by atoms with van der Waals surface area (Å²) in [6.45, 7) is 2.99. The fourth-order valence-corrected chi connectivity index (χ4v) is 2.02. The lowest BCUT2D eigenvalue weighted by Gasteiger charge is -2.21. The summed E-state index contributed by atoms with van der Waals surface area (Å²) in [4.78, 5) is 13.5. The number of nitrogens with zero attached hydrogens (tertiary/aromatic N) is 1. The van der Waals surface area contributed by atoms with Crippen LogP contribution in [0.3, 0.4) is 0 Å². The second-order valence-corrected chi connectivity index (χ2v) is 4.06. The lowest BCUT2D eigenvalue weighted by atomic mass is 10.1. The maximum absolute atomic E-state index is 11.7. The van der Waals surface area contributed by atoms with Gasteiger partial charge in [-0.1, -0.05) is 37.3 Å². The van der Waals surface area contributed by atoms with Gasteiger partial charge in [-0.25, -0.2) is 0 Å². The number of benzene rings is 1. The highest BCUT2D eigenvalue weighted by molar-refractivity contribution is 5.76. The highest BCUT2D eigenvalue weighted by atomic mass is 16.5. The standard InChI is InChI=1S/C13H17NO2/c1-2-13(15)14-10-16-9-12(14)8-11-6-4-3-5-7-11/h3-7,12H,2,8-10H2,1H3/t12-/m0/s1. The van der Waals surface area contributed by atoms with Crippen LogP contribution >= 0.6 is 0 Å². The average molecular weight is 219 g/mol. The zero-order valence-corrected chi connectivity index (χ0v) is 9.56. The Morgan fingerprint density at radius 1 is 1.44 bits per heavy atom. The molecule has 0 aromatic heterocycles. The van der Waals surface area contributed by atoms with Gasteiger partial charge >= 0.3 is 0 Å². The smallest absolute Gasteiger partial charge is 0.224 e. The van der Waals surface area contributed by atoms with Crippen LogP contribution in [-0.4, -0.2) is 30.2 Å². The van der Waals surface area contributed by atoms with Gasteiger partial charge in [0.1, 0.15) is 6.73 Å². The van der Waals surface area contributed by atoms with Crippen LogP contribution in [0.1, 0.15) is 18.9 Å². The summed E-state index contributed by atoms with van der Waals surface area (Å²) >= 11 is 0. The molecule has 1 heterocycles. The van der Waals surface area contributed by atoms with Crippen molar-refractivity contribution in [1.82, 2.24) is 4.90 Å². The van der Waals surface area contributed by atoms with E-state index in [4.69, 9.17) is 4.74 Å². The van der Waals surface area contributed by atoms with Crippen LogP contribution in [0.25, 0.3) is 0 Å². The van der Waals surface area contributed by atoms with Gasteiger partial charge in [-0.05, 0) is 12.0 Å². The molecule has 1 aromatic carbocycles. The number of carbonyl (C=O) groups is 1. The van der Waals surface area contributed by atoms with Gasteiger partial charge in [-0.2, -0.15) is 0 Å². The summed E-state index contributed by atoms with van der Waals surface area (Å²) in [5.74, 6) is 0.179. The van der Waals surface area contributed by atoms with E-state index in [2.05, 4.69) is 12.1 Å². The van der Waals surface area contributed by atoms with Crippen molar-refractivity contribution in [3.05, 3.63) is 35.9 Å². The van der Waals surface area contributed by atoms with Crippen LogP contribution < -0.4 is 0 Å². The number of amides is 1. The lowest BCUT2D eigenvalue weighted by molar-refractivity contribution is -0.132. The minimum atomic E-state index is 0.179. The molecule has 0 saturated carbocycles. The minimum absolute atomic E-state index is 0.179. The van der Waals surface area contributed by atoms with Crippen LogP contribution in [-0.2, 0) is 16.0 Å². The van der Waals surface area contributed by atoms with Gasteiger partial charge in [0.15, 0.2) is 0 Å². The van der Waals surface area contributed by atoms with E-state index in [1.807, 2.05) is 30.0 Å². The highest BCUT2D eigenvalue weighted by Gasteiger charge is 2.28. The van der Waals surface area contributed by atoms with Crippen molar-refractivity contribution in [1.29, 1.82) is 0 Å². The molecule has 3 nitrogen and oxygen atoms in total. The van der Waals surface area contributed by atoms with Crippen molar-refractivity contribution in [2.45, 2.75) is 25.8 Å². The molecule has 0 unspecified atom stereocenters. The molecule has 1 aliphatic rings. The molecule has 1 fully saturated rings. The molecule has 0 spiro atoms. The molecular weight excluding hydrogens is 202 g/mol. The molecule has 0 bridgehead atoms. The summed E-state index contributed by atoms with van der Waals surface area (Å²) in [7, 11) is 0. The molecule has 1 saturated heterocycles. The maximum atomic E-state index is 11.7. The zero-order chi connectivity index (χ0) is 11.4. The Balaban J connectivity index is 2.01. The molecule has 3 heteroatoms. The van der Waals surface area contributed by atoms with Crippen LogP contribution in [0.2, 0.25) is 0 Å². The lowest BCUT2D eigenvalue weighted by Crippen LogP contribution is -2.37. The summed E-state index contributed by atoms with van der Waals surface area (Å²) in [6, 6.07) is 10.4. The van der Waals surface area contributed by atoms with Crippen molar-refractivity contribution in [3.63, 3.8) is 0 Å². The molecule has 1 amide bonds. The monoisotopic (exact) mass is 219 g/mol. The maximum Gasteiger partial charge on any atom is 0.224 e. The van der Waals surface area contributed by atoms with Gasteiger partial charge in [-0.3, -0.25) is 4.79 Å². The van der Waals surface area contributed by atoms with Crippen molar-refractivity contribution in [2.75, 3.05) is 13.3 Å². The van der Waals surface area contributed by atoms with Crippen molar-refractivity contribution in [3.8, 4) is 0 Å². The van der Waals surface area contributed by atoms with E-state index in [0.29, 0.717) is 19.8 Å². The first-order valence-corrected chi connectivity index (χ1v) is 5.72. The van der Waals surface area contributed by atoms with Crippen molar-refractivity contribution in [2.24, 2.45) is 0 Å². The third-order valence-electron chi connectivity index (χ3n) is 2.92. The van der Waals surface area contributed by atoms with Gasteiger partial charge in [0, 0.05) is 6.42 Å². The Bertz CT molecular complexity index is 350. The van der Waals surface area contributed by atoms with E-state index < -0.39 is 0 Å². The molecule has 0 N–H and O–H groups in total. The van der Waals surface area contributed by atoms with Gasteiger partial charge in [0.25, 0.3) is 0 Å². The number of rotatable bonds is 3. The molecule has 1 atom stereocenters.